The molecule has 110 valence electrons. The van der Waals surface area contributed by atoms with Crippen LogP contribution in [0.2, 0.25) is 0 Å². The van der Waals surface area contributed by atoms with Crippen LogP contribution in [0.1, 0.15) is 31.1 Å². The zero-order valence-electron chi connectivity index (χ0n) is 11.8. The highest BCUT2D eigenvalue weighted by atomic mass is 32.1. The van der Waals surface area contributed by atoms with Gasteiger partial charge in [0.05, 0.1) is 12.2 Å². The second kappa shape index (κ2) is 7.81. The number of hydrogen-bond donors (Lipinski definition) is 3. The highest BCUT2D eigenvalue weighted by Crippen LogP contribution is 2.13. The third-order valence-corrected chi connectivity index (χ3v) is 2.52. The van der Waals surface area contributed by atoms with Gasteiger partial charge in [0, 0.05) is 12.1 Å². The van der Waals surface area contributed by atoms with Crippen LogP contribution in [0, 0.1) is 0 Å². The summed E-state index contributed by atoms with van der Waals surface area (Å²) in [6.45, 7) is 5.80. The van der Waals surface area contributed by atoms with Gasteiger partial charge in [-0.25, -0.2) is 0 Å². The fourth-order valence-electron chi connectivity index (χ4n) is 1.42. The molecule has 0 aliphatic heterocycles. The Balaban J connectivity index is 2.53. The van der Waals surface area contributed by atoms with E-state index < -0.39 is 6.10 Å². The van der Waals surface area contributed by atoms with E-state index in [0.717, 1.165) is 0 Å². The van der Waals surface area contributed by atoms with Gasteiger partial charge in [0.1, 0.15) is 5.75 Å². The fourth-order valence-corrected chi connectivity index (χ4v) is 1.59. The predicted octanol–water partition coefficient (Wildman–Crippen LogP) is 1.46. The van der Waals surface area contributed by atoms with Crippen LogP contribution in [0.3, 0.4) is 0 Å². The number of ether oxygens (including phenoxy) is 1. The molecule has 0 bridgehead atoms. The first kappa shape index (κ1) is 16.4. The number of nitrogens with one attached hydrogen (secondary N) is 2. The van der Waals surface area contributed by atoms with Gasteiger partial charge in [-0.2, -0.15) is 0 Å². The molecule has 1 unspecified atom stereocenters. The highest BCUT2D eigenvalue weighted by molar-refractivity contribution is 7.80. The van der Waals surface area contributed by atoms with Crippen LogP contribution in [0.25, 0.3) is 0 Å². The number of carbonyl (C=O) groups excluding carboxylic acids is 1. The van der Waals surface area contributed by atoms with E-state index in [0.29, 0.717) is 17.9 Å². The number of rotatable bonds is 5. The summed E-state index contributed by atoms with van der Waals surface area (Å²) in [7, 11) is 0. The minimum Gasteiger partial charge on any atom is -0.491 e. The largest absolute Gasteiger partial charge is 0.491 e. The molecule has 0 aliphatic rings. The molecule has 0 fully saturated rings. The van der Waals surface area contributed by atoms with Gasteiger partial charge in [0.25, 0.3) is 5.91 Å². The van der Waals surface area contributed by atoms with E-state index in [4.69, 9.17) is 22.1 Å². The topological polar surface area (TPSA) is 70.6 Å². The van der Waals surface area contributed by atoms with E-state index in [9.17, 15) is 4.79 Å². The number of thiocarbonyl (C=S) groups is 1. The molecule has 0 saturated heterocycles. The number of amides is 1. The van der Waals surface area contributed by atoms with Gasteiger partial charge in [0.2, 0.25) is 0 Å². The van der Waals surface area contributed by atoms with Crippen molar-refractivity contribution in [2.75, 3.05) is 6.54 Å². The summed E-state index contributed by atoms with van der Waals surface area (Å²) in [6, 6.07) is 6.82. The molecule has 0 aliphatic carbocycles. The van der Waals surface area contributed by atoms with Crippen LogP contribution >= 0.6 is 12.2 Å². The van der Waals surface area contributed by atoms with E-state index in [2.05, 4.69) is 10.6 Å². The number of benzene rings is 1. The van der Waals surface area contributed by atoms with Crippen LogP contribution in [0.5, 0.6) is 5.75 Å². The molecular formula is C14H20N2O3S. The number of aliphatic hydroxyl groups is 1. The van der Waals surface area contributed by atoms with Crippen LogP contribution in [-0.2, 0) is 0 Å². The molecule has 5 nitrogen and oxygen atoms in total. The Morgan fingerprint density at radius 2 is 1.90 bits per heavy atom. The lowest BCUT2D eigenvalue weighted by molar-refractivity contribution is 0.0976. The molecule has 6 heteroatoms. The van der Waals surface area contributed by atoms with Gasteiger partial charge in [-0.15, -0.1) is 0 Å². The van der Waals surface area contributed by atoms with E-state index in [1.165, 1.54) is 0 Å². The minimum absolute atomic E-state index is 0.0897. The van der Waals surface area contributed by atoms with Crippen molar-refractivity contribution in [3.63, 3.8) is 0 Å². The fraction of sp³-hybridized carbons (Fsp3) is 0.429. The van der Waals surface area contributed by atoms with E-state index in [1.54, 1.807) is 31.2 Å². The van der Waals surface area contributed by atoms with E-state index >= 15 is 0 Å². The molecule has 1 atom stereocenters. The Morgan fingerprint density at radius 3 is 2.40 bits per heavy atom. The van der Waals surface area contributed by atoms with E-state index in [1.807, 2.05) is 13.8 Å². The Morgan fingerprint density at radius 1 is 1.30 bits per heavy atom. The minimum atomic E-state index is -0.530. The quantitative estimate of drug-likeness (QED) is 0.718. The van der Waals surface area contributed by atoms with E-state index in [-0.39, 0.29) is 17.1 Å². The van der Waals surface area contributed by atoms with Crippen molar-refractivity contribution < 1.29 is 14.6 Å². The van der Waals surface area contributed by atoms with Gasteiger partial charge in [-0.3, -0.25) is 10.1 Å². The standard InChI is InChI=1S/C14H20N2O3S/c1-9(2)19-12-6-4-11(5-7-12)13(18)16-14(20)15-8-10(3)17/h4-7,9-10,17H,8H2,1-3H3,(H2,15,16,18,20). The monoisotopic (exact) mass is 296 g/mol. The van der Waals surface area contributed by atoms with Crippen molar-refractivity contribution in [2.45, 2.75) is 33.0 Å². The van der Waals surface area contributed by atoms with Crippen molar-refractivity contribution in [2.24, 2.45) is 0 Å². The molecule has 20 heavy (non-hydrogen) atoms. The number of hydrogen-bond acceptors (Lipinski definition) is 4. The molecule has 1 rings (SSSR count). The summed E-state index contributed by atoms with van der Waals surface area (Å²) in [6.07, 6.45) is -0.441. The first-order valence-corrected chi connectivity index (χ1v) is 6.83. The molecule has 0 radical (unpaired) electrons. The first-order chi connectivity index (χ1) is 9.38. The predicted molar refractivity (Wildman–Crippen MR) is 82.0 cm³/mol. The van der Waals surface area contributed by atoms with Crippen LogP contribution < -0.4 is 15.4 Å². The number of carbonyl (C=O) groups is 1. The third kappa shape index (κ3) is 5.99. The molecule has 0 saturated carbocycles. The lowest BCUT2D eigenvalue weighted by atomic mass is 10.2. The van der Waals surface area contributed by atoms with Gasteiger partial charge >= 0.3 is 0 Å². The summed E-state index contributed by atoms with van der Waals surface area (Å²) < 4.78 is 5.50. The first-order valence-electron chi connectivity index (χ1n) is 6.42. The van der Waals surface area contributed by atoms with Crippen LogP contribution in [0.15, 0.2) is 24.3 Å². The molecule has 3 N–H and O–H groups in total. The summed E-state index contributed by atoms with van der Waals surface area (Å²) in [5.41, 5.74) is 0.488. The molecule has 0 spiro atoms. The van der Waals surface area contributed by atoms with Gasteiger partial charge in [-0.1, -0.05) is 0 Å². The highest BCUT2D eigenvalue weighted by Gasteiger charge is 2.08. The van der Waals surface area contributed by atoms with Gasteiger partial charge in [0.15, 0.2) is 5.11 Å². The van der Waals surface area contributed by atoms with Gasteiger partial charge in [-0.05, 0) is 57.3 Å². The lowest BCUT2D eigenvalue weighted by Gasteiger charge is -2.12. The molecule has 1 aromatic rings. The maximum atomic E-state index is 11.9. The Hall–Kier alpha value is -1.66. The normalized spacial score (nSPS) is 11.8. The molecule has 1 amide bonds. The van der Waals surface area contributed by atoms with Crippen LogP contribution in [0.4, 0.5) is 0 Å². The maximum Gasteiger partial charge on any atom is 0.257 e. The van der Waals surface area contributed by atoms with Gasteiger partial charge < -0.3 is 15.2 Å². The van der Waals surface area contributed by atoms with Crippen LogP contribution in [-0.4, -0.2) is 34.9 Å². The van der Waals surface area contributed by atoms with Crippen molar-refractivity contribution in [1.82, 2.24) is 10.6 Å². The lowest BCUT2D eigenvalue weighted by Crippen LogP contribution is -2.41. The second-order valence-electron chi connectivity index (χ2n) is 4.70. The van der Waals surface area contributed by atoms with Crippen molar-refractivity contribution in [1.29, 1.82) is 0 Å². The molecular weight excluding hydrogens is 276 g/mol. The van der Waals surface area contributed by atoms with Crippen molar-refractivity contribution in [3.05, 3.63) is 29.8 Å². The summed E-state index contributed by atoms with van der Waals surface area (Å²) in [4.78, 5) is 11.9. The summed E-state index contributed by atoms with van der Waals surface area (Å²) in [5.74, 6) is 0.413. The SMILES string of the molecule is CC(O)CNC(=S)NC(=O)c1ccc(OC(C)C)cc1. The molecule has 0 aromatic heterocycles. The van der Waals surface area contributed by atoms with Crippen molar-refractivity contribution >= 4 is 23.2 Å². The zero-order chi connectivity index (χ0) is 15.1. The summed E-state index contributed by atoms with van der Waals surface area (Å²) >= 11 is 4.95. The summed E-state index contributed by atoms with van der Waals surface area (Å²) in [5, 5.41) is 14.6. The van der Waals surface area contributed by atoms with Crippen molar-refractivity contribution in [3.8, 4) is 5.75 Å². The smallest absolute Gasteiger partial charge is 0.257 e. The Kier molecular flexibility index (Phi) is 6.41. The average Bonchev–Trinajstić information content (AvgIpc) is 2.36. The Bertz CT molecular complexity index is 458. The second-order valence-corrected chi connectivity index (χ2v) is 5.11. The number of aliphatic hydroxyl groups excluding tert-OH is 1. The molecule has 1 aromatic carbocycles. The third-order valence-electron chi connectivity index (χ3n) is 2.27. The molecule has 0 heterocycles. The average molecular weight is 296 g/mol. The maximum absolute atomic E-state index is 11.9. The zero-order valence-corrected chi connectivity index (χ0v) is 12.7. The Labute approximate surface area is 124 Å².